The number of amides is 2. The van der Waals surface area contributed by atoms with Gasteiger partial charge in [-0.3, -0.25) is 24.9 Å². The van der Waals surface area contributed by atoms with Crippen LogP contribution in [0.25, 0.3) is 0 Å². The van der Waals surface area contributed by atoms with Crippen LogP contribution in [0.1, 0.15) is 219 Å². The van der Waals surface area contributed by atoms with Gasteiger partial charge in [0.2, 0.25) is 17.7 Å². The van der Waals surface area contributed by atoms with E-state index in [-0.39, 0.29) is 37.6 Å². The molecule has 0 aromatic rings. The average Bonchev–Trinajstić information content (AvgIpc) is 3.20. The van der Waals surface area contributed by atoms with Crippen LogP contribution >= 0.6 is 0 Å². The second kappa shape index (κ2) is 34.6. The van der Waals surface area contributed by atoms with Gasteiger partial charge in [-0.2, -0.15) is 0 Å². The Kier molecular flexibility index (Phi) is 32.1. The van der Waals surface area contributed by atoms with Crippen LogP contribution in [0, 0.1) is 5.92 Å². The minimum Gasteiger partial charge on any atom is -0.481 e. The molecule has 1 rings (SSSR count). The summed E-state index contributed by atoms with van der Waals surface area (Å²) in [4.78, 5) is 52.6. The van der Waals surface area contributed by atoms with Crippen molar-refractivity contribution in [2.45, 2.75) is 243 Å². The lowest BCUT2D eigenvalue weighted by atomic mass is 9.82. The van der Waals surface area contributed by atoms with Crippen molar-refractivity contribution >= 4 is 23.6 Å². The van der Waals surface area contributed by atoms with Gasteiger partial charge in [0.25, 0.3) is 0 Å². The smallest absolute Gasteiger partial charge is 0.303 e. The SMILES string of the molecule is CCCCCCCCCCCCCCCCCCN(C(=O)CCCCCCCCCCC)[C@]1(N)O[C@H](CO)[C@@H](O)[C@H](O)[C@H]1C(=O)CNC(=O)CCCCCCC(=O)O. The summed E-state index contributed by atoms with van der Waals surface area (Å²) in [6.45, 7) is 3.47. The van der Waals surface area contributed by atoms with Gasteiger partial charge in [0.1, 0.15) is 18.1 Å². The van der Waals surface area contributed by atoms with Crippen LogP contribution < -0.4 is 11.1 Å². The van der Waals surface area contributed by atoms with Gasteiger partial charge in [0.05, 0.1) is 19.3 Å². The number of nitrogens with one attached hydrogen (secondary N) is 1. The number of aliphatic hydroxyl groups is 3. The molecule has 0 radical (unpaired) electrons. The number of carbonyl (C=O) groups excluding carboxylic acids is 3. The van der Waals surface area contributed by atoms with Crippen molar-refractivity contribution < 1.29 is 44.3 Å². The second-order valence-electron chi connectivity index (χ2n) is 17.0. The molecule has 0 bridgehead atoms. The summed E-state index contributed by atoms with van der Waals surface area (Å²) >= 11 is 0. The lowest BCUT2D eigenvalue weighted by Gasteiger charge is -2.52. The fraction of sp³-hybridized carbons (Fsp3) is 0.913. The molecule has 1 aliphatic rings. The Morgan fingerprint density at radius 1 is 0.586 bits per heavy atom. The minimum atomic E-state index is -2.15. The Morgan fingerprint density at radius 3 is 1.41 bits per heavy atom. The van der Waals surface area contributed by atoms with Gasteiger partial charge < -0.3 is 35.4 Å². The van der Waals surface area contributed by atoms with E-state index in [0.717, 1.165) is 44.9 Å². The standard InChI is InChI=1S/C46H87N3O9/c1-3-5-7-9-11-13-14-15-16-17-18-19-21-23-27-31-35-49(41(53)33-29-24-22-20-12-10-8-6-4-2)46(47)43(45(57)44(56)39(37-50)58-46)38(51)36-48-40(52)32-28-25-26-30-34-42(54)55/h39,43-45,50,56-57H,3-37,47H2,1-2H3,(H,48,52)(H,54,55)/t39-,43-,44-,45-,46+/m1/s1. The largest absolute Gasteiger partial charge is 0.481 e. The van der Waals surface area contributed by atoms with Crippen LogP contribution in [0.4, 0.5) is 0 Å². The average molecular weight is 826 g/mol. The molecule has 2 amide bonds. The number of rotatable bonds is 39. The molecule has 1 aliphatic heterocycles. The maximum absolute atomic E-state index is 14.0. The summed E-state index contributed by atoms with van der Waals surface area (Å²) in [6.07, 6.45) is 27.0. The minimum absolute atomic E-state index is 0.0779. The fourth-order valence-corrected chi connectivity index (χ4v) is 8.18. The quantitative estimate of drug-likeness (QED) is 0.0258. The predicted molar refractivity (Wildman–Crippen MR) is 231 cm³/mol. The molecule has 58 heavy (non-hydrogen) atoms. The molecule has 340 valence electrons. The van der Waals surface area contributed by atoms with E-state index < -0.39 is 55.0 Å². The zero-order chi connectivity index (χ0) is 42.9. The van der Waals surface area contributed by atoms with Crippen molar-refractivity contribution in [2.24, 2.45) is 11.7 Å². The summed E-state index contributed by atoms with van der Waals surface area (Å²) in [6, 6.07) is 0. The number of carbonyl (C=O) groups is 4. The Bertz CT molecular complexity index is 1080. The number of nitrogens with zero attached hydrogens (tertiary/aromatic N) is 1. The van der Waals surface area contributed by atoms with Crippen molar-refractivity contribution in [1.82, 2.24) is 10.2 Å². The maximum atomic E-state index is 14.0. The number of nitrogens with two attached hydrogens (primary N) is 1. The molecule has 0 aliphatic carbocycles. The summed E-state index contributed by atoms with van der Waals surface area (Å²) in [5.74, 6) is -5.96. The van der Waals surface area contributed by atoms with E-state index in [2.05, 4.69) is 19.2 Å². The molecule has 12 nitrogen and oxygen atoms in total. The van der Waals surface area contributed by atoms with E-state index in [1.54, 1.807) is 0 Å². The van der Waals surface area contributed by atoms with Gasteiger partial charge in [0.15, 0.2) is 5.78 Å². The van der Waals surface area contributed by atoms with Crippen molar-refractivity contribution in [1.29, 1.82) is 0 Å². The molecule has 1 fully saturated rings. The van der Waals surface area contributed by atoms with Crippen molar-refractivity contribution in [3.05, 3.63) is 0 Å². The van der Waals surface area contributed by atoms with Gasteiger partial charge in [-0.25, -0.2) is 0 Å². The molecule has 0 aromatic carbocycles. The number of carboxylic acid groups (broad SMARTS) is 1. The lowest BCUT2D eigenvalue weighted by molar-refractivity contribution is -0.291. The molecular weight excluding hydrogens is 739 g/mol. The number of aliphatic carboxylic acids is 1. The van der Waals surface area contributed by atoms with Crippen LogP contribution in [0.2, 0.25) is 0 Å². The Balaban J connectivity index is 2.85. The number of ether oxygens (including phenoxy) is 1. The predicted octanol–water partition coefficient (Wildman–Crippen LogP) is 8.45. The van der Waals surface area contributed by atoms with Gasteiger partial charge in [-0.05, 0) is 25.7 Å². The van der Waals surface area contributed by atoms with E-state index >= 15 is 0 Å². The van der Waals surface area contributed by atoms with Gasteiger partial charge >= 0.3 is 5.97 Å². The Labute approximate surface area is 352 Å². The lowest BCUT2D eigenvalue weighted by Crippen LogP contribution is -2.75. The number of aliphatic hydroxyl groups excluding tert-OH is 3. The molecule has 1 heterocycles. The Morgan fingerprint density at radius 2 is 0.983 bits per heavy atom. The first-order valence-corrected chi connectivity index (χ1v) is 23.8. The van der Waals surface area contributed by atoms with E-state index in [9.17, 15) is 34.5 Å². The molecule has 0 unspecified atom stereocenters. The number of Topliss-reactive ketones (excluding diaryl/α,β-unsaturated/α-hetero) is 1. The highest BCUT2D eigenvalue weighted by atomic mass is 16.6. The molecule has 5 atom stereocenters. The molecular formula is C46H87N3O9. The number of ketones is 1. The maximum Gasteiger partial charge on any atom is 0.303 e. The van der Waals surface area contributed by atoms with Gasteiger partial charge in [0, 0.05) is 25.8 Å². The van der Waals surface area contributed by atoms with Crippen molar-refractivity contribution in [2.75, 3.05) is 19.7 Å². The van der Waals surface area contributed by atoms with E-state index in [1.165, 1.54) is 108 Å². The van der Waals surface area contributed by atoms with E-state index in [0.29, 0.717) is 38.5 Å². The summed E-state index contributed by atoms with van der Waals surface area (Å²) < 4.78 is 6.07. The summed E-state index contributed by atoms with van der Waals surface area (Å²) in [5, 5.41) is 43.7. The van der Waals surface area contributed by atoms with E-state index in [1.807, 2.05) is 0 Å². The fourth-order valence-electron chi connectivity index (χ4n) is 8.18. The highest BCUT2D eigenvalue weighted by molar-refractivity contribution is 5.89. The summed E-state index contributed by atoms with van der Waals surface area (Å²) in [5.41, 5.74) is 6.92. The van der Waals surface area contributed by atoms with Crippen molar-refractivity contribution in [3.63, 3.8) is 0 Å². The Hall–Kier alpha value is -2.12. The first kappa shape index (κ1) is 53.9. The van der Waals surface area contributed by atoms with E-state index in [4.69, 9.17) is 15.6 Å². The highest BCUT2D eigenvalue weighted by Crippen LogP contribution is 2.36. The molecule has 12 heteroatoms. The molecule has 0 saturated carbocycles. The molecule has 0 aromatic heterocycles. The number of carboxylic acids is 1. The van der Waals surface area contributed by atoms with Crippen LogP contribution in [-0.2, 0) is 23.9 Å². The van der Waals surface area contributed by atoms with Crippen LogP contribution in [-0.4, -0.2) is 92.8 Å². The van der Waals surface area contributed by atoms with Gasteiger partial charge in [-0.15, -0.1) is 0 Å². The third-order valence-electron chi connectivity index (χ3n) is 11.8. The van der Waals surface area contributed by atoms with Crippen LogP contribution in [0.3, 0.4) is 0 Å². The van der Waals surface area contributed by atoms with Crippen LogP contribution in [0.5, 0.6) is 0 Å². The zero-order valence-electron chi connectivity index (χ0n) is 36.9. The third kappa shape index (κ3) is 23.6. The number of hydrogen-bond donors (Lipinski definition) is 6. The van der Waals surface area contributed by atoms with Crippen molar-refractivity contribution in [3.8, 4) is 0 Å². The highest BCUT2D eigenvalue weighted by Gasteiger charge is 2.58. The monoisotopic (exact) mass is 826 g/mol. The number of hydrogen-bond acceptors (Lipinski definition) is 9. The molecule has 7 N–H and O–H groups in total. The third-order valence-corrected chi connectivity index (χ3v) is 11.8. The first-order valence-electron chi connectivity index (χ1n) is 23.8. The van der Waals surface area contributed by atoms with Crippen LogP contribution in [0.15, 0.2) is 0 Å². The topological polar surface area (TPSA) is 200 Å². The number of unbranched alkanes of at least 4 members (excludes halogenated alkanes) is 26. The first-order chi connectivity index (χ1) is 28.0. The second-order valence-corrected chi connectivity index (χ2v) is 17.0. The normalized spacial score (nSPS) is 20.6. The van der Waals surface area contributed by atoms with Gasteiger partial charge in [-0.1, -0.05) is 174 Å². The summed E-state index contributed by atoms with van der Waals surface area (Å²) in [7, 11) is 0. The zero-order valence-corrected chi connectivity index (χ0v) is 36.9. The molecule has 1 saturated heterocycles. The molecule has 0 spiro atoms.